The van der Waals surface area contributed by atoms with Gasteiger partial charge in [0.05, 0.1) is 13.1 Å². The molecular weight excluding hydrogens is 262 g/mol. The fourth-order valence-corrected chi connectivity index (χ4v) is 2.00. The third-order valence-corrected chi connectivity index (χ3v) is 3.59. The Balaban J connectivity index is 4.09. The van der Waals surface area contributed by atoms with Crippen LogP contribution in [-0.4, -0.2) is 72.9 Å². The first kappa shape index (κ1) is 18.2. The Morgan fingerprint density at radius 3 is 2.21 bits per heavy atom. The molecular formula is C13H27N3O2S. The highest BCUT2D eigenvalue weighted by Crippen LogP contribution is 2.06. The molecule has 0 aromatic carbocycles. The van der Waals surface area contributed by atoms with Crippen molar-refractivity contribution >= 4 is 23.6 Å². The summed E-state index contributed by atoms with van der Waals surface area (Å²) < 4.78 is 0. The molecule has 0 saturated carbocycles. The molecule has 6 heteroatoms. The largest absolute Gasteiger partial charge is 0.352 e. The van der Waals surface area contributed by atoms with E-state index in [2.05, 4.69) is 18.5 Å². The van der Waals surface area contributed by atoms with Crippen LogP contribution in [0.1, 0.15) is 20.8 Å². The van der Waals surface area contributed by atoms with E-state index in [1.54, 1.807) is 18.8 Å². The van der Waals surface area contributed by atoms with Gasteiger partial charge in [-0.3, -0.25) is 14.5 Å². The van der Waals surface area contributed by atoms with E-state index in [-0.39, 0.29) is 24.4 Å². The highest BCUT2D eigenvalue weighted by atomic mass is 32.2. The fourth-order valence-electron chi connectivity index (χ4n) is 1.60. The predicted octanol–water partition coefficient (Wildman–Crippen LogP) is 0.653. The number of thioether (sulfide) groups is 1. The van der Waals surface area contributed by atoms with Gasteiger partial charge in [-0.2, -0.15) is 11.8 Å². The van der Waals surface area contributed by atoms with E-state index in [1.165, 1.54) is 4.90 Å². The molecule has 0 fully saturated rings. The van der Waals surface area contributed by atoms with Gasteiger partial charge in [0, 0.05) is 24.9 Å². The minimum absolute atomic E-state index is 0.0327. The highest BCUT2D eigenvalue weighted by molar-refractivity contribution is 7.99. The normalized spacial score (nSPS) is 12.6. The van der Waals surface area contributed by atoms with Crippen molar-refractivity contribution in [3.05, 3.63) is 0 Å². The molecule has 19 heavy (non-hydrogen) atoms. The molecule has 0 aliphatic heterocycles. The molecule has 0 bridgehead atoms. The van der Waals surface area contributed by atoms with Crippen LogP contribution in [-0.2, 0) is 9.59 Å². The summed E-state index contributed by atoms with van der Waals surface area (Å²) in [4.78, 5) is 27.0. The average molecular weight is 289 g/mol. The quantitative estimate of drug-likeness (QED) is 0.713. The van der Waals surface area contributed by atoms with Crippen LogP contribution in [0.25, 0.3) is 0 Å². The highest BCUT2D eigenvalue weighted by Gasteiger charge is 2.16. The summed E-state index contributed by atoms with van der Waals surface area (Å²) in [5.41, 5.74) is 0. The smallest absolute Gasteiger partial charge is 0.239 e. The van der Waals surface area contributed by atoms with E-state index in [0.29, 0.717) is 11.8 Å². The van der Waals surface area contributed by atoms with Crippen LogP contribution in [0.4, 0.5) is 0 Å². The first-order valence-corrected chi connectivity index (χ1v) is 7.79. The van der Waals surface area contributed by atoms with Gasteiger partial charge in [-0.05, 0) is 27.2 Å². The van der Waals surface area contributed by atoms with Crippen LogP contribution in [0.3, 0.4) is 0 Å². The topological polar surface area (TPSA) is 52.7 Å². The van der Waals surface area contributed by atoms with Gasteiger partial charge in [0.25, 0.3) is 0 Å². The minimum Gasteiger partial charge on any atom is -0.352 e. The van der Waals surface area contributed by atoms with Crippen LogP contribution in [0, 0.1) is 0 Å². The van der Waals surface area contributed by atoms with E-state index in [9.17, 15) is 9.59 Å². The van der Waals surface area contributed by atoms with E-state index < -0.39 is 0 Å². The van der Waals surface area contributed by atoms with Crippen molar-refractivity contribution in [1.82, 2.24) is 15.1 Å². The average Bonchev–Trinajstić information content (AvgIpc) is 2.26. The van der Waals surface area contributed by atoms with Crippen molar-refractivity contribution in [3.8, 4) is 0 Å². The second-order valence-electron chi connectivity index (χ2n) is 5.22. The van der Waals surface area contributed by atoms with E-state index >= 15 is 0 Å². The summed E-state index contributed by atoms with van der Waals surface area (Å²) in [5, 5.41) is 3.27. The molecule has 5 nitrogen and oxygen atoms in total. The van der Waals surface area contributed by atoms with Gasteiger partial charge in [0.1, 0.15) is 0 Å². The molecule has 0 rings (SSSR count). The summed E-state index contributed by atoms with van der Waals surface area (Å²) >= 11 is 1.78. The van der Waals surface area contributed by atoms with E-state index in [0.717, 1.165) is 6.54 Å². The zero-order chi connectivity index (χ0) is 15.0. The van der Waals surface area contributed by atoms with E-state index in [4.69, 9.17) is 0 Å². The Kier molecular flexibility index (Phi) is 8.84. The van der Waals surface area contributed by atoms with Gasteiger partial charge < -0.3 is 10.2 Å². The number of amides is 2. The minimum atomic E-state index is -0.119. The van der Waals surface area contributed by atoms with Gasteiger partial charge in [0.2, 0.25) is 11.8 Å². The lowest BCUT2D eigenvalue weighted by Crippen LogP contribution is -2.44. The molecule has 112 valence electrons. The Morgan fingerprint density at radius 2 is 1.74 bits per heavy atom. The summed E-state index contributed by atoms with van der Waals surface area (Å²) in [5.74, 6) is -0.152. The van der Waals surface area contributed by atoms with Gasteiger partial charge in [-0.1, -0.05) is 6.92 Å². The number of rotatable bonds is 8. The van der Waals surface area contributed by atoms with Crippen molar-refractivity contribution in [2.24, 2.45) is 0 Å². The lowest BCUT2D eigenvalue weighted by Gasteiger charge is -2.23. The first-order valence-electron chi connectivity index (χ1n) is 6.50. The zero-order valence-electron chi connectivity index (χ0n) is 12.9. The molecule has 0 aromatic rings. The van der Waals surface area contributed by atoms with Crippen LogP contribution in [0.5, 0.6) is 0 Å². The summed E-state index contributed by atoms with van der Waals surface area (Å²) in [6, 6.07) is 0.0982. The van der Waals surface area contributed by atoms with Crippen molar-refractivity contribution in [1.29, 1.82) is 0 Å². The lowest BCUT2D eigenvalue weighted by atomic mass is 10.3. The summed E-state index contributed by atoms with van der Waals surface area (Å²) in [7, 11) is 3.58. The SMILES string of the molecule is CSC(C)CN(C)CC(=O)N(C)CC(=O)NC(C)C. The van der Waals surface area contributed by atoms with Crippen molar-refractivity contribution in [2.75, 3.05) is 40.0 Å². The Labute approximate surface area is 121 Å². The number of nitrogens with one attached hydrogen (secondary N) is 1. The standard InChI is InChI=1S/C13H27N3O2S/c1-10(2)14-12(17)8-16(5)13(18)9-15(4)7-11(3)19-6/h10-11H,7-9H2,1-6H3,(H,14,17). The monoisotopic (exact) mass is 289 g/mol. The molecule has 0 aliphatic rings. The fraction of sp³-hybridized carbons (Fsp3) is 0.846. The van der Waals surface area contributed by atoms with Gasteiger partial charge in [-0.25, -0.2) is 0 Å². The number of hydrogen-bond donors (Lipinski definition) is 1. The second-order valence-corrected chi connectivity index (χ2v) is 6.49. The predicted molar refractivity (Wildman–Crippen MR) is 81.4 cm³/mol. The third-order valence-electron chi connectivity index (χ3n) is 2.63. The van der Waals surface area contributed by atoms with Crippen LogP contribution >= 0.6 is 11.8 Å². The summed E-state index contributed by atoms with van der Waals surface area (Å²) in [6.07, 6.45) is 2.06. The van der Waals surface area contributed by atoms with Gasteiger partial charge >= 0.3 is 0 Å². The number of carbonyl (C=O) groups is 2. The number of likely N-dealkylation sites (N-methyl/N-ethyl adjacent to an activating group) is 2. The maximum absolute atomic E-state index is 11.9. The molecule has 0 saturated heterocycles. The molecule has 0 radical (unpaired) electrons. The molecule has 0 heterocycles. The Hall–Kier alpha value is -0.750. The summed E-state index contributed by atoms with van der Waals surface area (Å²) in [6.45, 7) is 7.25. The third kappa shape index (κ3) is 8.88. The van der Waals surface area contributed by atoms with Gasteiger partial charge in [0.15, 0.2) is 0 Å². The first-order chi connectivity index (χ1) is 8.76. The zero-order valence-corrected chi connectivity index (χ0v) is 13.7. The molecule has 1 unspecified atom stereocenters. The Morgan fingerprint density at radius 1 is 1.16 bits per heavy atom. The molecule has 0 aromatic heterocycles. The second kappa shape index (κ2) is 9.20. The lowest BCUT2D eigenvalue weighted by molar-refractivity contribution is -0.135. The van der Waals surface area contributed by atoms with E-state index in [1.807, 2.05) is 25.8 Å². The van der Waals surface area contributed by atoms with Crippen LogP contribution in [0.2, 0.25) is 0 Å². The van der Waals surface area contributed by atoms with Crippen LogP contribution < -0.4 is 5.32 Å². The van der Waals surface area contributed by atoms with Crippen molar-refractivity contribution in [3.63, 3.8) is 0 Å². The molecule has 1 atom stereocenters. The van der Waals surface area contributed by atoms with Crippen molar-refractivity contribution < 1.29 is 9.59 Å². The molecule has 2 amide bonds. The molecule has 0 aliphatic carbocycles. The Bertz CT molecular complexity index is 298. The molecule has 1 N–H and O–H groups in total. The van der Waals surface area contributed by atoms with Crippen LogP contribution in [0.15, 0.2) is 0 Å². The number of carbonyl (C=O) groups excluding carboxylic acids is 2. The maximum atomic E-state index is 11.9. The number of nitrogens with zero attached hydrogens (tertiary/aromatic N) is 2. The van der Waals surface area contributed by atoms with Crippen molar-refractivity contribution in [2.45, 2.75) is 32.1 Å². The van der Waals surface area contributed by atoms with Gasteiger partial charge in [-0.15, -0.1) is 0 Å². The maximum Gasteiger partial charge on any atom is 0.239 e. The number of hydrogen-bond acceptors (Lipinski definition) is 4. The molecule has 0 spiro atoms.